The van der Waals surface area contributed by atoms with Crippen molar-refractivity contribution < 1.29 is 244 Å². The van der Waals surface area contributed by atoms with Crippen molar-refractivity contribution in [2.24, 2.45) is 20.6 Å². The number of carbonyl (C=O) groups excluding carboxylic acids is 9. The molecule has 0 fully saturated rings. The SMILES string of the molecule is O.O=C([O-])CN(CCN(CC(=O)[O-])CC(=O)N(CCOC(=O)CO/N=C/[C@@H](O)[C@@H](O)[C@H](O)[C@H](O)CO)CCOC(=O)CO/N=C/[C@@H](O)[C@@H](O)[C@H](O)[C@H](O)CO)CCN(CC(=O)[O-])CC(=O)N(CCOC(=O)CO/N=C/[C@@H](O)[C@@H](O)[C@H](O)[C@H](O)CO)CCOC(=O)CO/N=C/[C@@H](O)[C@@H](O)[C@H](O)[C@H](O)CO.[Gd+3]. The third kappa shape index (κ3) is 45.7. The first kappa shape index (κ1) is 103. The molecule has 1 radical (unpaired) electrons. The topological polar surface area (TPSA) is 798 Å². The van der Waals surface area contributed by atoms with Gasteiger partial charge in [-0.3, -0.25) is 24.3 Å². The molecule has 0 saturated carbocycles. The predicted molar refractivity (Wildman–Crippen MR) is 327 cm³/mol. The molecule has 0 aliphatic heterocycles. The third-order valence-electron chi connectivity index (χ3n) is 13.4. The molecule has 607 valence electrons. The van der Waals surface area contributed by atoms with E-state index in [1.807, 2.05) is 0 Å². The van der Waals surface area contributed by atoms with Crippen LogP contribution in [0.15, 0.2) is 20.6 Å². The minimum absolute atomic E-state index is 0. The minimum atomic E-state index is -2.09. The molecule has 0 aliphatic rings. The molecule has 2 amide bonds. The zero-order chi connectivity index (χ0) is 78.3. The number of aliphatic hydroxyl groups excluding tert-OH is 20. The fraction of sp³-hybridized carbons (Fsp3) is 0.759. The second-order valence-corrected chi connectivity index (χ2v) is 21.5. The molecule has 0 aliphatic carbocycles. The number of carboxylic acid groups (broad SMARTS) is 3. The van der Waals surface area contributed by atoms with Crippen LogP contribution in [0.25, 0.3) is 0 Å². The quantitative estimate of drug-likeness (QED) is 0.0116. The number of hydrogen-bond acceptors (Lipinski definition) is 47. The average molecular weight is 1680 g/mol. The van der Waals surface area contributed by atoms with Crippen LogP contribution in [0.1, 0.15) is 0 Å². The Bertz CT molecular complexity index is 2330. The summed E-state index contributed by atoms with van der Waals surface area (Å²) in [4.78, 5) is 137. The normalized spacial score (nSPS) is 16.4. The largest absolute Gasteiger partial charge is 3.00 e. The number of hydrogen-bond donors (Lipinski definition) is 20. The van der Waals surface area contributed by atoms with Crippen molar-refractivity contribution >= 4 is 78.5 Å². The van der Waals surface area contributed by atoms with Crippen molar-refractivity contribution in [2.45, 2.75) is 97.7 Å². The molecule has 0 aromatic heterocycles. The number of ether oxygens (including phenoxy) is 4. The number of nitrogens with zero attached hydrogens (tertiary/aromatic N) is 9. The average Bonchev–Trinajstić information content (AvgIpc) is 0.854. The molecule has 0 unspecified atom stereocenters. The van der Waals surface area contributed by atoms with Gasteiger partial charge in [0.25, 0.3) is 0 Å². The van der Waals surface area contributed by atoms with Gasteiger partial charge in [0.15, 0.2) is 0 Å². The number of amides is 2. The number of aliphatic hydroxyl groups is 20. The van der Waals surface area contributed by atoms with Crippen molar-refractivity contribution in [2.75, 3.05) is 164 Å². The Morgan fingerprint density at radius 2 is 0.514 bits per heavy atom. The number of carboxylic acids is 3. The van der Waals surface area contributed by atoms with Crippen LogP contribution in [0.3, 0.4) is 0 Å². The summed E-state index contributed by atoms with van der Waals surface area (Å²) >= 11 is 0. The van der Waals surface area contributed by atoms with Crippen LogP contribution in [-0.2, 0) is 81.4 Å². The first-order valence-electron chi connectivity index (χ1n) is 30.4. The van der Waals surface area contributed by atoms with E-state index in [1.54, 1.807) is 0 Å². The molecule has 0 spiro atoms. The number of oxime groups is 4. The van der Waals surface area contributed by atoms with E-state index in [0.717, 1.165) is 24.5 Å². The molecular formula is C54H92GdN9O41. The summed E-state index contributed by atoms with van der Waals surface area (Å²) in [5.74, 6) is -12.1. The molecule has 0 rings (SSSR count). The van der Waals surface area contributed by atoms with Gasteiger partial charge in [-0.1, -0.05) is 20.6 Å². The Labute approximate surface area is 627 Å². The Kier molecular flexibility index (Phi) is 57.2. The molecule has 51 heteroatoms. The first-order chi connectivity index (χ1) is 48.5. The summed E-state index contributed by atoms with van der Waals surface area (Å²) in [5.41, 5.74) is 0. The van der Waals surface area contributed by atoms with E-state index in [2.05, 4.69) is 40.0 Å². The Morgan fingerprint density at radius 3 is 0.714 bits per heavy atom. The van der Waals surface area contributed by atoms with E-state index >= 15 is 0 Å². The minimum Gasteiger partial charge on any atom is -0.549 e. The van der Waals surface area contributed by atoms with Crippen molar-refractivity contribution in [3.05, 3.63) is 0 Å². The maximum absolute atomic E-state index is 13.9. The van der Waals surface area contributed by atoms with Gasteiger partial charge in [-0.05, 0) is 0 Å². The molecule has 105 heavy (non-hydrogen) atoms. The van der Waals surface area contributed by atoms with Gasteiger partial charge in [0.05, 0.1) is 108 Å². The monoisotopic (exact) mass is 1680 g/mol. The van der Waals surface area contributed by atoms with E-state index < -0.39 is 316 Å². The Morgan fingerprint density at radius 1 is 0.314 bits per heavy atom. The summed E-state index contributed by atoms with van der Waals surface area (Å²) in [6.45, 7) is -19.9. The van der Waals surface area contributed by atoms with Crippen molar-refractivity contribution in [1.82, 2.24) is 24.5 Å². The van der Waals surface area contributed by atoms with Gasteiger partial charge in [-0.25, -0.2) is 19.2 Å². The van der Waals surface area contributed by atoms with Gasteiger partial charge in [0.2, 0.25) is 38.2 Å². The molecule has 50 nitrogen and oxygen atoms in total. The Hall–Kier alpha value is -6.53. The van der Waals surface area contributed by atoms with Gasteiger partial charge in [-0.2, -0.15) is 0 Å². The maximum atomic E-state index is 13.9. The molecule has 0 heterocycles. The summed E-state index contributed by atoms with van der Waals surface area (Å²) in [7, 11) is 0. The first-order valence-corrected chi connectivity index (χ1v) is 30.4. The van der Waals surface area contributed by atoms with Crippen molar-refractivity contribution in [3.8, 4) is 0 Å². The fourth-order valence-corrected chi connectivity index (χ4v) is 7.65. The van der Waals surface area contributed by atoms with Crippen LogP contribution in [0.5, 0.6) is 0 Å². The second kappa shape index (κ2) is 58.6. The zero-order valence-corrected chi connectivity index (χ0v) is 58.0. The molecular weight excluding hydrogens is 1590 g/mol. The number of aliphatic carboxylic acids is 3. The molecule has 0 saturated heterocycles. The summed E-state index contributed by atoms with van der Waals surface area (Å²) in [6.07, 6.45) is -30.0. The second-order valence-electron chi connectivity index (χ2n) is 21.5. The smallest absolute Gasteiger partial charge is 0.549 e. The molecule has 16 atom stereocenters. The number of rotatable bonds is 60. The van der Waals surface area contributed by atoms with Gasteiger partial charge < -0.3 is 185 Å². The molecule has 0 bridgehead atoms. The number of carbonyl (C=O) groups is 9. The fourth-order valence-electron chi connectivity index (χ4n) is 7.65. The van der Waals surface area contributed by atoms with Gasteiger partial charge in [0.1, 0.15) is 124 Å². The zero-order valence-electron chi connectivity index (χ0n) is 55.7. The van der Waals surface area contributed by atoms with E-state index in [-0.39, 0.29) is 45.4 Å². The van der Waals surface area contributed by atoms with E-state index in [1.165, 1.54) is 0 Å². The predicted octanol–water partition coefficient (Wildman–Crippen LogP) is -22.1. The van der Waals surface area contributed by atoms with E-state index in [9.17, 15) is 140 Å². The molecule has 0 aromatic rings. The van der Waals surface area contributed by atoms with Crippen LogP contribution >= 0.6 is 0 Å². The van der Waals surface area contributed by atoms with E-state index in [0.29, 0.717) is 24.9 Å². The van der Waals surface area contributed by atoms with Crippen LogP contribution in [0.2, 0.25) is 0 Å². The molecule has 0 aromatic carbocycles. The van der Waals surface area contributed by atoms with Crippen LogP contribution < -0.4 is 15.3 Å². The standard InChI is InChI=1S/C54H93N9O40.Gd.H2O/c64-22-34(72)51(92)47(88)30(68)13-55-100-26-43(84)96-9-5-62(6-10-97-44(85)27-101-56-14-31(69)48(89)52(93)35(73)23-65)38(76)17-60(20-41(80)81)3-1-59(19-40(78)79)2-4-61(21-42(82)83)18-39(77)63(7-11-98-45(86)28-102-57-15-32(70)49(90)53(94)36(74)24-66)8-12-99-46(87)29-103-58-16-33(71)50(91)54(95)37(75)25-67;;/h13-16,30-37,47-54,64-75,88-95H,1-12,17-29H2,(H,78,79)(H,80,81)(H,82,83);;1H2/q;+3;/p-3/b55-13+,56-14+,57-15+,58-16+;;/t30-,31-,32-,33-,34-,35-,36-,37-,47-,48-,49-,50-,51-,52-,53-,54-;;/m1../s1. The summed E-state index contributed by atoms with van der Waals surface area (Å²) in [5, 5.41) is 241. The van der Waals surface area contributed by atoms with Crippen LogP contribution in [-0.4, -0.2) is 473 Å². The van der Waals surface area contributed by atoms with Crippen LogP contribution in [0, 0.1) is 39.9 Å². The van der Waals surface area contributed by atoms with Crippen molar-refractivity contribution in [1.29, 1.82) is 0 Å². The van der Waals surface area contributed by atoms with Gasteiger partial charge >= 0.3 is 63.8 Å². The van der Waals surface area contributed by atoms with Crippen molar-refractivity contribution in [3.63, 3.8) is 0 Å². The summed E-state index contributed by atoms with van der Waals surface area (Å²) < 4.78 is 20.1. The number of esters is 4. The Balaban J connectivity index is -0.0000520. The van der Waals surface area contributed by atoms with Gasteiger partial charge in [-0.15, -0.1) is 0 Å². The summed E-state index contributed by atoms with van der Waals surface area (Å²) in [6, 6.07) is 0. The van der Waals surface area contributed by atoms with Gasteiger partial charge in [0, 0.05) is 45.8 Å². The third-order valence-corrected chi connectivity index (χ3v) is 13.4. The van der Waals surface area contributed by atoms with E-state index in [4.69, 9.17) is 39.4 Å². The maximum Gasteiger partial charge on any atom is 3.00 e. The van der Waals surface area contributed by atoms with Crippen LogP contribution in [0.4, 0.5) is 0 Å². The molecule has 22 N–H and O–H groups in total.